The van der Waals surface area contributed by atoms with Gasteiger partial charge in [0, 0.05) is 5.02 Å². The van der Waals surface area contributed by atoms with E-state index in [1.54, 1.807) is 7.11 Å². The van der Waals surface area contributed by atoms with E-state index in [9.17, 15) is 0 Å². The van der Waals surface area contributed by atoms with Crippen molar-refractivity contribution in [3.05, 3.63) is 28.3 Å². The van der Waals surface area contributed by atoms with E-state index in [1.165, 1.54) is 5.56 Å². The Kier molecular flexibility index (Phi) is 8.92. The van der Waals surface area contributed by atoms with Gasteiger partial charge < -0.3 is 10.5 Å². The lowest BCUT2D eigenvalue weighted by Gasteiger charge is -2.10. The van der Waals surface area contributed by atoms with Gasteiger partial charge in [0.15, 0.2) is 0 Å². The first-order valence-electron chi connectivity index (χ1n) is 6.22. The molecule has 0 aliphatic heterocycles. The first kappa shape index (κ1) is 16.3. The summed E-state index contributed by atoms with van der Waals surface area (Å²) in [5.74, 6) is 0.877. The van der Waals surface area contributed by atoms with Gasteiger partial charge in [0.25, 0.3) is 0 Å². The van der Waals surface area contributed by atoms with Crippen molar-refractivity contribution < 1.29 is 4.74 Å². The van der Waals surface area contributed by atoms with Crippen LogP contribution in [0.3, 0.4) is 0 Å². The van der Waals surface area contributed by atoms with Crippen molar-refractivity contribution in [2.24, 2.45) is 5.73 Å². The van der Waals surface area contributed by atoms with Crippen LogP contribution in [-0.2, 0) is 6.42 Å². The summed E-state index contributed by atoms with van der Waals surface area (Å²) in [6.45, 7) is 6.75. The monoisotopic (exact) mass is 257 g/mol. The van der Waals surface area contributed by atoms with Crippen LogP contribution in [-0.4, -0.2) is 13.7 Å². The Hall–Kier alpha value is -0.730. The van der Waals surface area contributed by atoms with Crippen molar-refractivity contribution in [1.29, 1.82) is 0 Å². The van der Waals surface area contributed by atoms with Gasteiger partial charge in [-0.05, 0) is 49.9 Å². The van der Waals surface area contributed by atoms with E-state index in [-0.39, 0.29) is 0 Å². The van der Waals surface area contributed by atoms with E-state index in [1.807, 2.05) is 26.8 Å². The minimum Gasteiger partial charge on any atom is -0.496 e. The normalized spacial score (nSPS) is 9.53. The predicted molar refractivity (Wildman–Crippen MR) is 76.1 cm³/mol. The number of hydrogen-bond acceptors (Lipinski definition) is 2. The number of halogens is 1. The van der Waals surface area contributed by atoms with Crippen LogP contribution in [0, 0.1) is 6.92 Å². The molecule has 0 aliphatic carbocycles. The Morgan fingerprint density at radius 1 is 1.24 bits per heavy atom. The fraction of sp³-hybridized carbons (Fsp3) is 0.571. The molecule has 3 heteroatoms. The minimum atomic E-state index is 0.745. The molecule has 17 heavy (non-hydrogen) atoms. The van der Waals surface area contributed by atoms with Crippen molar-refractivity contribution in [1.82, 2.24) is 0 Å². The summed E-state index contributed by atoms with van der Waals surface area (Å²) in [5, 5.41) is 0.759. The zero-order valence-corrected chi connectivity index (χ0v) is 12.1. The van der Waals surface area contributed by atoms with Gasteiger partial charge in [0.05, 0.1) is 7.11 Å². The molecule has 0 spiro atoms. The lowest BCUT2D eigenvalue weighted by Crippen LogP contribution is -2.00. The molecule has 0 fully saturated rings. The van der Waals surface area contributed by atoms with E-state index in [0.29, 0.717) is 0 Å². The quantitative estimate of drug-likeness (QED) is 0.811. The first-order chi connectivity index (χ1) is 8.19. The SMILES string of the molecule is CC.COc1cc(Cl)c(C)cc1CCCCN. The Morgan fingerprint density at radius 2 is 1.88 bits per heavy atom. The van der Waals surface area contributed by atoms with Crippen LogP contribution in [0.4, 0.5) is 0 Å². The minimum absolute atomic E-state index is 0.745. The molecule has 0 saturated heterocycles. The third-order valence-electron chi connectivity index (χ3n) is 2.46. The number of hydrogen-bond donors (Lipinski definition) is 1. The molecule has 1 aromatic rings. The number of ether oxygens (including phenoxy) is 1. The van der Waals surface area contributed by atoms with Crippen LogP contribution in [0.1, 0.15) is 37.8 Å². The average Bonchev–Trinajstić information content (AvgIpc) is 2.36. The Labute approximate surface area is 110 Å². The van der Waals surface area contributed by atoms with Crippen LogP contribution in [0.25, 0.3) is 0 Å². The molecule has 0 unspecified atom stereocenters. The van der Waals surface area contributed by atoms with Gasteiger partial charge in [-0.25, -0.2) is 0 Å². The summed E-state index contributed by atoms with van der Waals surface area (Å²) < 4.78 is 5.30. The summed E-state index contributed by atoms with van der Waals surface area (Å²) in [6.07, 6.45) is 3.14. The van der Waals surface area contributed by atoms with Gasteiger partial charge in [-0.1, -0.05) is 31.5 Å². The molecule has 0 saturated carbocycles. The van der Waals surface area contributed by atoms with Crippen molar-refractivity contribution >= 4 is 11.6 Å². The van der Waals surface area contributed by atoms with Crippen molar-refractivity contribution in [3.8, 4) is 5.75 Å². The number of nitrogens with two attached hydrogens (primary N) is 1. The Morgan fingerprint density at radius 3 is 2.41 bits per heavy atom. The van der Waals surface area contributed by atoms with Crippen LogP contribution >= 0.6 is 11.6 Å². The molecule has 0 radical (unpaired) electrons. The van der Waals surface area contributed by atoms with Gasteiger partial charge in [-0.15, -0.1) is 0 Å². The van der Waals surface area contributed by atoms with E-state index in [0.717, 1.165) is 42.1 Å². The van der Waals surface area contributed by atoms with Gasteiger partial charge >= 0.3 is 0 Å². The molecule has 0 amide bonds. The van der Waals surface area contributed by atoms with Crippen LogP contribution in [0.5, 0.6) is 5.75 Å². The maximum Gasteiger partial charge on any atom is 0.123 e. The highest BCUT2D eigenvalue weighted by Crippen LogP contribution is 2.27. The van der Waals surface area contributed by atoms with Gasteiger partial charge in [0.2, 0.25) is 0 Å². The fourth-order valence-corrected chi connectivity index (χ4v) is 1.72. The van der Waals surface area contributed by atoms with Gasteiger partial charge in [-0.3, -0.25) is 0 Å². The van der Waals surface area contributed by atoms with Crippen LogP contribution < -0.4 is 10.5 Å². The second-order valence-corrected chi connectivity index (χ2v) is 4.07. The second kappa shape index (κ2) is 9.32. The lowest BCUT2D eigenvalue weighted by atomic mass is 10.0. The number of benzene rings is 1. The summed E-state index contributed by atoms with van der Waals surface area (Å²) in [7, 11) is 1.67. The highest BCUT2D eigenvalue weighted by molar-refractivity contribution is 6.31. The second-order valence-electron chi connectivity index (χ2n) is 3.66. The summed E-state index contributed by atoms with van der Waals surface area (Å²) in [6, 6.07) is 3.98. The van der Waals surface area contributed by atoms with Crippen molar-refractivity contribution in [3.63, 3.8) is 0 Å². The number of methoxy groups -OCH3 is 1. The molecule has 0 heterocycles. The third-order valence-corrected chi connectivity index (χ3v) is 2.87. The smallest absolute Gasteiger partial charge is 0.123 e. The molecular weight excluding hydrogens is 234 g/mol. The highest BCUT2D eigenvalue weighted by Gasteiger charge is 2.06. The van der Waals surface area contributed by atoms with Crippen LogP contribution in [0.2, 0.25) is 5.02 Å². The molecule has 1 aromatic carbocycles. The lowest BCUT2D eigenvalue weighted by molar-refractivity contribution is 0.409. The molecule has 1 rings (SSSR count). The molecule has 0 aromatic heterocycles. The van der Waals surface area contributed by atoms with Crippen molar-refractivity contribution in [2.45, 2.75) is 40.0 Å². The van der Waals surface area contributed by atoms with Crippen LogP contribution in [0.15, 0.2) is 12.1 Å². The molecular formula is C14H24ClNO. The first-order valence-corrected chi connectivity index (χ1v) is 6.60. The molecule has 0 atom stereocenters. The maximum absolute atomic E-state index is 6.03. The molecule has 2 N–H and O–H groups in total. The Bertz CT molecular complexity index is 326. The topological polar surface area (TPSA) is 35.2 Å². The third kappa shape index (κ3) is 5.42. The van der Waals surface area contributed by atoms with Gasteiger partial charge in [0.1, 0.15) is 5.75 Å². The zero-order chi connectivity index (χ0) is 13.3. The largest absolute Gasteiger partial charge is 0.496 e. The summed E-state index contributed by atoms with van der Waals surface area (Å²) >= 11 is 6.03. The highest BCUT2D eigenvalue weighted by atomic mass is 35.5. The van der Waals surface area contributed by atoms with E-state index in [2.05, 4.69) is 6.07 Å². The van der Waals surface area contributed by atoms with Crippen molar-refractivity contribution in [2.75, 3.05) is 13.7 Å². The molecule has 0 aliphatic rings. The van der Waals surface area contributed by atoms with E-state index >= 15 is 0 Å². The van der Waals surface area contributed by atoms with E-state index in [4.69, 9.17) is 22.1 Å². The predicted octanol–water partition coefficient (Wildman–Crippen LogP) is 3.96. The summed E-state index contributed by atoms with van der Waals surface area (Å²) in [5.41, 5.74) is 7.78. The standard InChI is InChI=1S/C12H18ClNO.C2H6/c1-9-7-10(5-3-4-6-14)12(15-2)8-11(9)13;1-2/h7-8H,3-6,14H2,1-2H3;1-2H3. The number of aryl methyl sites for hydroxylation is 2. The zero-order valence-electron chi connectivity index (χ0n) is 11.3. The number of unbranched alkanes of at least 4 members (excludes halogenated alkanes) is 1. The Balaban J connectivity index is 0.00000121. The van der Waals surface area contributed by atoms with E-state index < -0.39 is 0 Å². The molecule has 0 bridgehead atoms. The number of rotatable bonds is 5. The molecule has 98 valence electrons. The fourth-order valence-electron chi connectivity index (χ4n) is 1.57. The van der Waals surface area contributed by atoms with Gasteiger partial charge in [-0.2, -0.15) is 0 Å². The average molecular weight is 258 g/mol. The molecule has 2 nitrogen and oxygen atoms in total. The summed E-state index contributed by atoms with van der Waals surface area (Å²) in [4.78, 5) is 0. The maximum atomic E-state index is 6.03.